The molecule has 1 aromatic heterocycles. The second kappa shape index (κ2) is 6.38. The van der Waals surface area contributed by atoms with E-state index in [4.69, 9.17) is 0 Å². The number of amides is 1. The van der Waals surface area contributed by atoms with Crippen molar-refractivity contribution in [3.05, 3.63) is 39.9 Å². The summed E-state index contributed by atoms with van der Waals surface area (Å²) in [5.41, 5.74) is -3.32. The molecule has 24 heavy (non-hydrogen) atoms. The van der Waals surface area contributed by atoms with Gasteiger partial charge in [0, 0.05) is 5.69 Å². The first-order valence-electron chi connectivity index (χ1n) is 6.44. The van der Waals surface area contributed by atoms with Crippen molar-refractivity contribution in [3.63, 3.8) is 0 Å². The number of hydrogen-bond donors (Lipinski definition) is 1. The molecular weight excluding hydrogens is 360 g/mol. The molecule has 0 saturated carbocycles. The molecule has 0 saturated heterocycles. The molecule has 1 amide bonds. The first kappa shape index (κ1) is 18.2. The topological polar surface area (TPSA) is 54.9 Å². The van der Waals surface area contributed by atoms with Gasteiger partial charge < -0.3 is 5.32 Å². The van der Waals surface area contributed by atoms with Gasteiger partial charge in [-0.3, -0.25) is 4.79 Å². The summed E-state index contributed by atoms with van der Waals surface area (Å²) in [6.07, 6.45) is -9.63. The number of nitrogens with zero attached hydrogens (tertiary/aromatic N) is 2. The second-order valence-electron chi connectivity index (χ2n) is 4.65. The summed E-state index contributed by atoms with van der Waals surface area (Å²) < 4.78 is 80.1. The van der Waals surface area contributed by atoms with Gasteiger partial charge in [-0.15, -0.1) is 5.10 Å². The lowest BCUT2D eigenvalue weighted by Gasteiger charge is -2.14. The number of aryl methyl sites for hydroxylation is 1. The highest BCUT2D eigenvalue weighted by Crippen LogP contribution is 2.37. The number of hydrogen-bond acceptors (Lipinski definition) is 4. The molecule has 2 rings (SSSR count). The quantitative estimate of drug-likeness (QED) is 0.817. The Kier molecular flexibility index (Phi) is 4.83. The largest absolute Gasteiger partial charge is 0.416 e. The zero-order valence-corrected chi connectivity index (χ0v) is 12.7. The summed E-state index contributed by atoms with van der Waals surface area (Å²) in [6.45, 7) is 1.68. The fourth-order valence-electron chi connectivity index (χ4n) is 1.83. The van der Waals surface area contributed by atoms with E-state index in [1.165, 1.54) is 0 Å². The Labute approximate surface area is 135 Å². The van der Waals surface area contributed by atoms with Crippen LogP contribution in [0.3, 0.4) is 0 Å². The molecule has 1 aromatic carbocycles. The molecule has 0 radical (unpaired) electrons. The number of anilines is 1. The average Bonchev–Trinajstić information content (AvgIpc) is 2.93. The van der Waals surface area contributed by atoms with E-state index in [1.54, 1.807) is 6.92 Å². The van der Waals surface area contributed by atoms with Gasteiger partial charge in [0.05, 0.1) is 16.8 Å². The van der Waals surface area contributed by atoms with Crippen LogP contribution in [0.4, 0.5) is 32.0 Å². The number of nitrogens with one attached hydrogen (secondary N) is 1. The van der Waals surface area contributed by atoms with Crippen molar-refractivity contribution in [1.29, 1.82) is 0 Å². The molecule has 130 valence electrons. The second-order valence-corrected chi connectivity index (χ2v) is 5.41. The van der Waals surface area contributed by atoms with Crippen molar-refractivity contribution in [2.45, 2.75) is 25.7 Å². The van der Waals surface area contributed by atoms with Gasteiger partial charge in [-0.1, -0.05) is 11.4 Å². The van der Waals surface area contributed by atoms with E-state index < -0.39 is 35.1 Å². The van der Waals surface area contributed by atoms with Gasteiger partial charge in [0.1, 0.15) is 4.88 Å². The third-order valence-corrected chi connectivity index (χ3v) is 3.71. The van der Waals surface area contributed by atoms with E-state index in [0.29, 0.717) is 35.8 Å². The van der Waals surface area contributed by atoms with Crippen molar-refractivity contribution in [2.75, 3.05) is 5.32 Å². The number of benzene rings is 1. The molecule has 1 N–H and O–H groups in total. The van der Waals surface area contributed by atoms with Crippen molar-refractivity contribution in [1.82, 2.24) is 9.59 Å². The number of carbonyl (C=O) groups excluding carboxylic acids is 1. The van der Waals surface area contributed by atoms with Gasteiger partial charge in [-0.25, -0.2) is 0 Å². The number of carbonyl (C=O) groups is 1. The molecular formula is C13H9F6N3OS. The van der Waals surface area contributed by atoms with Crippen LogP contribution < -0.4 is 5.32 Å². The minimum absolute atomic E-state index is 0.0125. The molecule has 0 aliphatic carbocycles. The zero-order chi connectivity index (χ0) is 18.1. The SMILES string of the molecule is CCc1nnsc1C(=O)Nc1cc(C(F)(F)F)cc(C(F)(F)F)c1. The molecule has 0 aliphatic rings. The molecule has 0 unspecified atom stereocenters. The summed E-state index contributed by atoms with van der Waals surface area (Å²) in [4.78, 5) is 12.1. The maximum atomic E-state index is 12.8. The molecule has 0 spiro atoms. The van der Waals surface area contributed by atoms with Gasteiger partial charge in [0.2, 0.25) is 0 Å². The number of alkyl halides is 6. The fraction of sp³-hybridized carbons (Fsp3) is 0.308. The Hall–Kier alpha value is -2.17. The average molecular weight is 369 g/mol. The van der Waals surface area contributed by atoms with E-state index in [1.807, 2.05) is 5.32 Å². The predicted octanol–water partition coefficient (Wildman–Crippen LogP) is 4.39. The number of halogens is 6. The Morgan fingerprint density at radius 1 is 1.08 bits per heavy atom. The van der Waals surface area contributed by atoms with Gasteiger partial charge in [0.15, 0.2) is 0 Å². The van der Waals surface area contributed by atoms with Crippen LogP contribution in [-0.4, -0.2) is 15.5 Å². The van der Waals surface area contributed by atoms with Crippen LogP contribution in [0.5, 0.6) is 0 Å². The summed E-state index contributed by atoms with van der Waals surface area (Å²) >= 11 is 0.703. The Morgan fingerprint density at radius 2 is 1.62 bits per heavy atom. The van der Waals surface area contributed by atoms with Crippen LogP contribution in [0.15, 0.2) is 18.2 Å². The minimum Gasteiger partial charge on any atom is -0.321 e. The third-order valence-electron chi connectivity index (χ3n) is 2.94. The molecule has 0 atom stereocenters. The monoisotopic (exact) mass is 369 g/mol. The van der Waals surface area contributed by atoms with Crippen molar-refractivity contribution < 1.29 is 31.1 Å². The van der Waals surface area contributed by atoms with Crippen LogP contribution in [0.2, 0.25) is 0 Å². The first-order valence-corrected chi connectivity index (χ1v) is 7.21. The van der Waals surface area contributed by atoms with E-state index in [-0.39, 0.29) is 10.9 Å². The van der Waals surface area contributed by atoms with E-state index >= 15 is 0 Å². The summed E-state index contributed by atoms with van der Waals surface area (Å²) in [6, 6.07) is 0.863. The first-order chi connectivity index (χ1) is 11.0. The fourth-order valence-corrected chi connectivity index (χ4v) is 2.47. The van der Waals surface area contributed by atoms with Gasteiger partial charge >= 0.3 is 12.4 Å². The Balaban J connectivity index is 2.41. The number of rotatable bonds is 3. The maximum absolute atomic E-state index is 12.8. The molecule has 1 heterocycles. The molecule has 0 bridgehead atoms. The van der Waals surface area contributed by atoms with Crippen molar-refractivity contribution in [3.8, 4) is 0 Å². The summed E-state index contributed by atoms with van der Waals surface area (Å²) in [5.74, 6) is -0.866. The highest BCUT2D eigenvalue weighted by Gasteiger charge is 2.37. The normalized spacial score (nSPS) is 12.3. The molecule has 4 nitrogen and oxygen atoms in total. The number of aromatic nitrogens is 2. The third kappa shape index (κ3) is 4.02. The van der Waals surface area contributed by atoms with E-state index in [2.05, 4.69) is 9.59 Å². The molecule has 11 heteroatoms. The van der Waals surface area contributed by atoms with Crippen molar-refractivity contribution in [2.24, 2.45) is 0 Å². The minimum atomic E-state index is -4.98. The maximum Gasteiger partial charge on any atom is 0.416 e. The highest BCUT2D eigenvalue weighted by atomic mass is 32.1. The van der Waals surface area contributed by atoms with Crippen molar-refractivity contribution >= 4 is 23.1 Å². The summed E-state index contributed by atoms with van der Waals surface area (Å²) in [7, 11) is 0. The summed E-state index contributed by atoms with van der Waals surface area (Å²) in [5, 5.41) is 5.69. The lowest BCUT2D eigenvalue weighted by atomic mass is 10.1. The van der Waals surface area contributed by atoms with Gasteiger partial charge in [0.25, 0.3) is 5.91 Å². The van der Waals surface area contributed by atoms with Gasteiger partial charge in [-0.2, -0.15) is 26.3 Å². The molecule has 2 aromatic rings. The molecule has 0 aliphatic heterocycles. The van der Waals surface area contributed by atoms with E-state index in [0.717, 1.165) is 0 Å². The Bertz CT molecular complexity index is 721. The van der Waals surface area contributed by atoms with Crippen LogP contribution in [0.25, 0.3) is 0 Å². The van der Waals surface area contributed by atoms with E-state index in [9.17, 15) is 31.1 Å². The van der Waals surface area contributed by atoms with Gasteiger partial charge in [-0.05, 0) is 36.2 Å². The van der Waals surface area contributed by atoms with Crippen LogP contribution in [-0.2, 0) is 18.8 Å². The predicted molar refractivity (Wildman–Crippen MR) is 73.7 cm³/mol. The van der Waals surface area contributed by atoms with Crippen LogP contribution in [0, 0.1) is 0 Å². The van der Waals surface area contributed by atoms with Crippen LogP contribution in [0.1, 0.15) is 33.4 Å². The zero-order valence-electron chi connectivity index (χ0n) is 11.9. The standard InChI is InChI=1S/C13H9F6N3OS/c1-2-9-10(24-22-21-9)11(23)20-8-4-6(12(14,15)16)3-7(5-8)13(17,18)19/h3-5H,2H2,1H3,(H,20,23). The smallest absolute Gasteiger partial charge is 0.321 e. The lowest BCUT2D eigenvalue weighted by Crippen LogP contribution is -2.16. The van der Waals surface area contributed by atoms with Crippen LogP contribution >= 0.6 is 11.5 Å². The molecule has 0 fully saturated rings. The Morgan fingerprint density at radius 3 is 2.08 bits per heavy atom. The highest BCUT2D eigenvalue weighted by molar-refractivity contribution is 7.08. The lowest BCUT2D eigenvalue weighted by molar-refractivity contribution is -0.143.